The number of halogens is 2. The zero-order chi connectivity index (χ0) is 25.9. The van der Waals surface area contributed by atoms with E-state index in [4.69, 9.17) is 11.6 Å². The number of hydrogen-bond acceptors (Lipinski definition) is 3. The topological polar surface area (TPSA) is 49.4 Å². The average molecular weight is 517 g/mol. The second-order valence-corrected chi connectivity index (χ2v) is 10.2. The highest BCUT2D eigenvalue weighted by Gasteiger charge is 2.42. The minimum absolute atomic E-state index is 0.0326. The van der Waals surface area contributed by atoms with E-state index in [9.17, 15) is 14.0 Å². The number of carbonyl (C=O) groups is 2. The minimum atomic E-state index is -0.643. The number of Topliss-reactive ketones (excluding diaryl/α,β-unsaturated/α-hetero) is 1. The lowest BCUT2D eigenvalue weighted by Gasteiger charge is -2.35. The predicted octanol–water partition coefficient (Wildman–Crippen LogP) is 7.96. The van der Waals surface area contributed by atoms with Crippen molar-refractivity contribution in [2.45, 2.75) is 57.4 Å². The van der Waals surface area contributed by atoms with E-state index in [2.05, 4.69) is 12.2 Å². The second kappa shape index (κ2) is 10.9. The maximum atomic E-state index is 14.0. The maximum Gasteiger partial charge on any atom is 0.227 e. The number of nitrogens with zero attached hydrogens (tertiary/aromatic N) is 1. The van der Waals surface area contributed by atoms with Crippen LogP contribution in [-0.2, 0) is 9.59 Å². The Morgan fingerprint density at radius 3 is 2.49 bits per heavy atom. The molecule has 0 saturated heterocycles. The van der Waals surface area contributed by atoms with Gasteiger partial charge in [-0.2, -0.15) is 0 Å². The molecule has 1 aliphatic heterocycles. The molecule has 6 heteroatoms. The number of carbonyl (C=O) groups excluding carboxylic acids is 2. The molecule has 1 amide bonds. The van der Waals surface area contributed by atoms with Gasteiger partial charge in [0, 0.05) is 29.1 Å². The zero-order valence-corrected chi connectivity index (χ0v) is 21.6. The number of unbranched alkanes of at least 4 members (excludes halogenated alkanes) is 2. The summed E-state index contributed by atoms with van der Waals surface area (Å²) in [5, 5.41) is 4.03. The third kappa shape index (κ3) is 5.05. The molecule has 0 unspecified atom stereocenters. The predicted molar refractivity (Wildman–Crippen MR) is 146 cm³/mol. The normalized spacial score (nSPS) is 19.1. The molecule has 0 fully saturated rings. The first-order chi connectivity index (χ1) is 18.0. The first-order valence-electron chi connectivity index (χ1n) is 12.9. The molecule has 5 rings (SSSR count). The zero-order valence-electron chi connectivity index (χ0n) is 20.8. The molecule has 0 aromatic heterocycles. The van der Waals surface area contributed by atoms with Crippen LogP contribution in [0, 0.1) is 5.82 Å². The molecule has 2 atom stereocenters. The van der Waals surface area contributed by atoms with Gasteiger partial charge in [-0.15, -0.1) is 0 Å². The van der Waals surface area contributed by atoms with Gasteiger partial charge in [0.05, 0.1) is 17.4 Å². The summed E-state index contributed by atoms with van der Waals surface area (Å²) >= 11 is 6.73. The standard InChI is InChI=1S/C31H30ClFN2O2/c1-2-3-4-13-29(37)35-27-12-8-7-11-25(27)34-26-18-21(20-14-16-22(33)17-15-20)19-28(36)30(26)31(35)23-9-5-6-10-24(23)32/h5-12,14-17,21,31,34H,2-4,13,18-19H2,1H3/t21-,31+/m1/s1. The molecular weight excluding hydrogens is 487 g/mol. The smallest absolute Gasteiger partial charge is 0.227 e. The highest BCUT2D eigenvalue weighted by atomic mass is 35.5. The molecule has 4 nitrogen and oxygen atoms in total. The van der Waals surface area contributed by atoms with Gasteiger partial charge < -0.3 is 5.32 Å². The van der Waals surface area contributed by atoms with Crippen LogP contribution in [0.5, 0.6) is 0 Å². The van der Waals surface area contributed by atoms with Gasteiger partial charge in [-0.3, -0.25) is 14.5 Å². The number of nitrogens with one attached hydrogen (secondary N) is 1. The van der Waals surface area contributed by atoms with Crippen molar-refractivity contribution >= 4 is 34.7 Å². The van der Waals surface area contributed by atoms with Crippen molar-refractivity contribution in [2.75, 3.05) is 10.2 Å². The van der Waals surface area contributed by atoms with E-state index >= 15 is 0 Å². The molecule has 1 heterocycles. The van der Waals surface area contributed by atoms with E-state index in [1.54, 1.807) is 23.1 Å². The van der Waals surface area contributed by atoms with Crippen LogP contribution in [-0.4, -0.2) is 11.7 Å². The summed E-state index contributed by atoms with van der Waals surface area (Å²) in [6, 6.07) is 20.8. The summed E-state index contributed by atoms with van der Waals surface area (Å²) in [6.07, 6.45) is 3.99. The lowest BCUT2D eigenvalue weighted by Crippen LogP contribution is -2.38. The first-order valence-corrected chi connectivity index (χ1v) is 13.3. The fraction of sp³-hybridized carbons (Fsp3) is 0.290. The van der Waals surface area contributed by atoms with Gasteiger partial charge in [0.25, 0.3) is 0 Å². The summed E-state index contributed by atoms with van der Waals surface area (Å²) < 4.78 is 13.6. The molecule has 0 radical (unpaired) electrons. The van der Waals surface area contributed by atoms with Crippen LogP contribution in [0.15, 0.2) is 84.1 Å². The number of para-hydroxylation sites is 2. The van der Waals surface area contributed by atoms with E-state index in [1.807, 2.05) is 42.5 Å². The number of benzene rings is 3. The van der Waals surface area contributed by atoms with Crippen LogP contribution in [0.4, 0.5) is 15.8 Å². The van der Waals surface area contributed by atoms with Crippen LogP contribution in [0.25, 0.3) is 0 Å². The van der Waals surface area contributed by atoms with Crippen molar-refractivity contribution in [1.29, 1.82) is 0 Å². The molecule has 1 N–H and O–H groups in total. The van der Waals surface area contributed by atoms with Crippen LogP contribution >= 0.6 is 11.6 Å². The van der Waals surface area contributed by atoms with E-state index < -0.39 is 6.04 Å². The summed E-state index contributed by atoms with van der Waals surface area (Å²) in [6.45, 7) is 2.11. The second-order valence-electron chi connectivity index (χ2n) is 9.76. The van der Waals surface area contributed by atoms with Gasteiger partial charge in [0.1, 0.15) is 5.82 Å². The number of fused-ring (bicyclic) bond motifs is 1. The lowest BCUT2D eigenvalue weighted by molar-refractivity contribution is -0.119. The molecule has 2 aliphatic rings. The number of allylic oxidation sites excluding steroid dienone is 1. The third-order valence-electron chi connectivity index (χ3n) is 7.29. The highest BCUT2D eigenvalue weighted by Crippen LogP contribution is 2.48. The Bertz CT molecular complexity index is 1350. The van der Waals surface area contributed by atoms with Gasteiger partial charge in [0.15, 0.2) is 5.78 Å². The Balaban J connectivity index is 1.67. The lowest BCUT2D eigenvalue weighted by atomic mass is 9.78. The summed E-state index contributed by atoms with van der Waals surface area (Å²) in [5.74, 6) is -0.462. The fourth-order valence-corrected chi connectivity index (χ4v) is 5.71. The van der Waals surface area contributed by atoms with E-state index in [0.29, 0.717) is 23.4 Å². The van der Waals surface area contributed by atoms with Crippen LogP contribution in [0.2, 0.25) is 5.02 Å². The molecule has 0 bridgehead atoms. The van der Waals surface area contributed by atoms with Crippen molar-refractivity contribution < 1.29 is 14.0 Å². The Hall–Kier alpha value is -3.44. The molecule has 0 spiro atoms. The average Bonchev–Trinajstić information content (AvgIpc) is 3.04. The van der Waals surface area contributed by atoms with E-state index in [1.165, 1.54) is 12.1 Å². The SMILES string of the molecule is CCCCCC(=O)N1c2ccccc2NC2=C(C(=O)C[C@H](c3ccc(F)cc3)C2)[C@@H]1c1ccccc1Cl. The van der Waals surface area contributed by atoms with Crippen molar-refractivity contribution in [3.8, 4) is 0 Å². The van der Waals surface area contributed by atoms with Gasteiger partial charge in [0.2, 0.25) is 5.91 Å². The van der Waals surface area contributed by atoms with Crippen molar-refractivity contribution in [1.82, 2.24) is 0 Å². The number of rotatable bonds is 6. The summed E-state index contributed by atoms with van der Waals surface area (Å²) in [4.78, 5) is 29.6. The van der Waals surface area contributed by atoms with Crippen LogP contribution in [0.1, 0.15) is 68.5 Å². The Kier molecular flexibility index (Phi) is 7.43. The molecule has 0 saturated carbocycles. The summed E-state index contributed by atoms with van der Waals surface area (Å²) in [5.41, 5.74) is 4.52. The molecule has 37 heavy (non-hydrogen) atoms. The van der Waals surface area contributed by atoms with Gasteiger partial charge in [-0.1, -0.05) is 73.8 Å². The molecular formula is C31H30ClFN2O2. The number of ketones is 1. The van der Waals surface area contributed by atoms with E-state index in [-0.39, 0.29) is 29.8 Å². The number of amides is 1. The minimum Gasteiger partial charge on any atom is -0.357 e. The Morgan fingerprint density at radius 2 is 1.73 bits per heavy atom. The largest absolute Gasteiger partial charge is 0.357 e. The quantitative estimate of drug-likeness (QED) is 0.338. The highest BCUT2D eigenvalue weighted by molar-refractivity contribution is 6.31. The fourth-order valence-electron chi connectivity index (χ4n) is 5.47. The van der Waals surface area contributed by atoms with Crippen molar-refractivity contribution in [2.24, 2.45) is 0 Å². The van der Waals surface area contributed by atoms with Gasteiger partial charge >= 0.3 is 0 Å². The molecule has 1 aliphatic carbocycles. The maximum absolute atomic E-state index is 14.0. The van der Waals surface area contributed by atoms with Crippen molar-refractivity contribution in [3.63, 3.8) is 0 Å². The Labute approximate surface area is 222 Å². The number of hydrogen-bond donors (Lipinski definition) is 1. The van der Waals surface area contributed by atoms with Crippen molar-refractivity contribution in [3.05, 3.63) is 106 Å². The monoisotopic (exact) mass is 516 g/mol. The number of anilines is 2. The molecule has 190 valence electrons. The first kappa shape index (κ1) is 25.2. The van der Waals surface area contributed by atoms with Gasteiger partial charge in [-0.25, -0.2) is 4.39 Å². The third-order valence-corrected chi connectivity index (χ3v) is 7.64. The summed E-state index contributed by atoms with van der Waals surface area (Å²) in [7, 11) is 0. The molecule has 3 aromatic carbocycles. The van der Waals surface area contributed by atoms with E-state index in [0.717, 1.165) is 47.5 Å². The van der Waals surface area contributed by atoms with Crippen LogP contribution in [0.3, 0.4) is 0 Å². The van der Waals surface area contributed by atoms with Crippen LogP contribution < -0.4 is 10.2 Å². The molecule has 3 aromatic rings. The Morgan fingerprint density at radius 1 is 1.00 bits per heavy atom. The van der Waals surface area contributed by atoms with Gasteiger partial charge in [-0.05, 0) is 60.2 Å².